The van der Waals surface area contributed by atoms with E-state index in [1.165, 1.54) is 11.3 Å². The van der Waals surface area contributed by atoms with Crippen molar-refractivity contribution in [3.05, 3.63) is 81.5 Å². The zero-order chi connectivity index (χ0) is 16.9. The van der Waals surface area contributed by atoms with Gasteiger partial charge < -0.3 is 10.6 Å². The van der Waals surface area contributed by atoms with E-state index < -0.39 is 0 Å². The van der Waals surface area contributed by atoms with Gasteiger partial charge in [-0.15, -0.1) is 11.3 Å². The Labute approximate surface area is 148 Å². The van der Waals surface area contributed by atoms with Gasteiger partial charge in [0.25, 0.3) is 11.8 Å². The van der Waals surface area contributed by atoms with Gasteiger partial charge in [-0.05, 0) is 41.8 Å². The van der Waals surface area contributed by atoms with E-state index in [0.717, 1.165) is 0 Å². The maximum absolute atomic E-state index is 12.1. The fourth-order valence-corrected chi connectivity index (χ4v) is 2.93. The summed E-state index contributed by atoms with van der Waals surface area (Å²) in [6.07, 6.45) is 0. The molecule has 0 spiro atoms. The minimum absolute atomic E-state index is 0.215. The van der Waals surface area contributed by atoms with Crippen LogP contribution in [0, 0.1) is 0 Å². The van der Waals surface area contributed by atoms with Crippen LogP contribution in [0.15, 0.2) is 66.0 Å². The smallest absolute Gasteiger partial charge is 0.265 e. The summed E-state index contributed by atoms with van der Waals surface area (Å²) >= 11 is 7.55. The highest BCUT2D eigenvalue weighted by atomic mass is 35.5. The fourth-order valence-electron chi connectivity index (χ4n) is 2.08. The molecule has 0 bridgehead atoms. The van der Waals surface area contributed by atoms with E-state index in [1.807, 2.05) is 17.5 Å². The zero-order valence-corrected chi connectivity index (χ0v) is 14.0. The highest BCUT2D eigenvalue weighted by molar-refractivity contribution is 7.12. The van der Waals surface area contributed by atoms with Crippen LogP contribution in [0.1, 0.15) is 20.0 Å². The van der Waals surface area contributed by atoms with Crippen LogP contribution in [-0.2, 0) is 0 Å². The summed E-state index contributed by atoms with van der Waals surface area (Å²) in [6.45, 7) is 0. The molecule has 0 unspecified atom stereocenters. The molecule has 24 heavy (non-hydrogen) atoms. The maximum atomic E-state index is 12.1. The number of benzene rings is 2. The molecule has 0 aliphatic heterocycles. The van der Waals surface area contributed by atoms with E-state index in [9.17, 15) is 9.59 Å². The van der Waals surface area contributed by atoms with Gasteiger partial charge in [0.1, 0.15) is 0 Å². The molecule has 3 rings (SSSR count). The first-order valence-corrected chi connectivity index (χ1v) is 8.40. The lowest BCUT2D eigenvalue weighted by Crippen LogP contribution is -2.13. The summed E-state index contributed by atoms with van der Waals surface area (Å²) in [5.74, 6) is -0.435. The number of carbonyl (C=O) groups is 2. The van der Waals surface area contributed by atoms with Crippen molar-refractivity contribution in [3.8, 4) is 0 Å². The van der Waals surface area contributed by atoms with E-state index in [0.29, 0.717) is 26.8 Å². The van der Waals surface area contributed by atoms with Crippen LogP contribution in [0.3, 0.4) is 0 Å². The second-order valence-electron chi connectivity index (χ2n) is 4.95. The van der Waals surface area contributed by atoms with Crippen molar-refractivity contribution in [2.24, 2.45) is 0 Å². The van der Waals surface area contributed by atoms with Gasteiger partial charge in [-0.25, -0.2) is 0 Å². The number of thiophene rings is 1. The molecule has 0 radical (unpaired) electrons. The Balaban J connectivity index is 1.71. The molecule has 120 valence electrons. The van der Waals surface area contributed by atoms with Crippen molar-refractivity contribution in [1.82, 2.24) is 0 Å². The molecular formula is C18H13ClN2O2S. The van der Waals surface area contributed by atoms with Crippen LogP contribution < -0.4 is 10.6 Å². The molecule has 0 aliphatic carbocycles. The van der Waals surface area contributed by atoms with Gasteiger partial charge in [-0.1, -0.05) is 35.9 Å². The quantitative estimate of drug-likeness (QED) is 0.698. The standard InChI is InChI=1S/C18H13ClN2O2S/c19-14-11-13(20-17(22)12-5-2-1-3-6-12)8-9-15(14)21-18(23)16-7-4-10-24-16/h1-11H,(H,20,22)(H,21,23). The summed E-state index contributed by atoms with van der Waals surface area (Å²) in [5, 5.41) is 7.71. The van der Waals surface area contributed by atoms with Crippen molar-refractivity contribution in [3.63, 3.8) is 0 Å². The van der Waals surface area contributed by atoms with Crippen molar-refractivity contribution >= 4 is 46.1 Å². The molecule has 1 aromatic heterocycles. The molecule has 2 N–H and O–H groups in total. The molecule has 3 aromatic rings. The van der Waals surface area contributed by atoms with Crippen molar-refractivity contribution in [2.75, 3.05) is 10.6 Å². The van der Waals surface area contributed by atoms with Crippen molar-refractivity contribution in [2.45, 2.75) is 0 Å². The van der Waals surface area contributed by atoms with Gasteiger partial charge in [0.05, 0.1) is 15.6 Å². The second-order valence-corrected chi connectivity index (χ2v) is 6.30. The number of halogens is 1. The van der Waals surface area contributed by atoms with Crippen molar-refractivity contribution < 1.29 is 9.59 Å². The molecule has 4 nitrogen and oxygen atoms in total. The summed E-state index contributed by atoms with van der Waals surface area (Å²) in [5.41, 5.74) is 1.61. The zero-order valence-electron chi connectivity index (χ0n) is 12.5. The summed E-state index contributed by atoms with van der Waals surface area (Å²) in [6, 6.07) is 17.4. The Kier molecular flexibility index (Phi) is 4.93. The molecule has 2 amide bonds. The van der Waals surface area contributed by atoms with Crippen LogP contribution in [0.5, 0.6) is 0 Å². The first kappa shape index (κ1) is 16.2. The minimum atomic E-state index is -0.220. The lowest BCUT2D eigenvalue weighted by atomic mass is 10.2. The van der Waals surface area contributed by atoms with Gasteiger partial charge in [0, 0.05) is 11.3 Å². The average Bonchev–Trinajstić information content (AvgIpc) is 3.13. The third-order valence-corrected chi connectivity index (χ3v) is 4.44. The Morgan fingerprint density at radius 2 is 1.67 bits per heavy atom. The number of anilines is 2. The summed E-state index contributed by atoms with van der Waals surface area (Å²) < 4.78 is 0. The number of carbonyl (C=O) groups excluding carboxylic acids is 2. The molecule has 0 atom stereocenters. The van der Waals surface area contributed by atoms with Crippen LogP contribution in [-0.4, -0.2) is 11.8 Å². The van der Waals surface area contributed by atoms with Gasteiger partial charge in [-0.2, -0.15) is 0 Å². The maximum Gasteiger partial charge on any atom is 0.265 e. The predicted octanol–water partition coefficient (Wildman–Crippen LogP) is 4.91. The lowest BCUT2D eigenvalue weighted by molar-refractivity contribution is 0.102. The van der Waals surface area contributed by atoms with E-state index in [1.54, 1.807) is 48.5 Å². The largest absolute Gasteiger partial charge is 0.322 e. The number of nitrogens with one attached hydrogen (secondary N) is 2. The van der Waals surface area contributed by atoms with Crippen LogP contribution in [0.4, 0.5) is 11.4 Å². The molecule has 0 saturated carbocycles. The normalized spacial score (nSPS) is 10.2. The molecule has 2 aromatic carbocycles. The number of hydrogen-bond donors (Lipinski definition) is 2. The van der Waals surface area contributed by atoms with Crippen LogP contribution in [0.2, 0.25) is 5.02 Å². The Morgan fingerprint density at radius 3 is 2.33 bits per heavy atom. The number of hydrogen-bond acceptors (Lipinski definition) is 3. The number of amides is 2. The topological polar surface area (TPSA) is 58.2 Å². The van der Waals surface area contributed by atoms with E-state index in [-0.39, 0.29) is 11.8 Å². The molecule has 1 heterocycles. The summed E-state index contributed by atoms with van der Waals surface area (Å²) in [7, 11) is 0. The molecule has 0 aliphatic rings. The third kappa shape index (κ3) is 3.82. The third-order valence-electron chi connectivity index (χ3n) is 3.26. The first-order valence-electron chi connectivity index (χ1n) is 7.14. The van der Waals surface area contributed by atoms with Crippen LogP contribution >= 0.6 is 22.9 Å². The van der Waals surface area contributed by atoms with E-state index >= 15 is 0 Å². The number of rotatable bonds is 4. The van der Waals surface area contributed by atoms with E-state index in [4.69, 9.17) is 11.6 Å². The van der Waals surface area contributed by atoms with Crippen molar-refractivity contribution in [1.29, 1.82) is 0 Å². The van der Waals surface area contributed by atoms with Crippen LogP contribution in [0.25, 0.3) is 0 Å². The highest BCUT2D eigenvalue weighted by Crippen LogP contribution is 2.26. The Hall–Kier alpha value is -2.63. The molecule has 6 heteroatoms. The first-order chi connectivity index (χ1) is 11.6. The minimum Gasteiger partial charge on any atom is -0.322 e. The Morgan fingerprint density at radius 1 is 0.875 bits per heavy atom. The van der Waals surface area contributed by atoms with Gasteiger partial charge in [0.2, 0.25) is 0 Å². The van der Waals surface area contributed by atoms with Gasteiger partial charge >= 0.3 is 0 Å². The SMILES string of the molecule is O=C(Nc1ccc(NC(=O)c2cccs2)c(Cl)c1)c1ccccc1. The Bertz CT molecular complexity index is 864. The second kappa shape index (κ2) is 7.29. The summed E-state index contributed by atoms with van der Waals surface area (Å²) in [4.78, 5) is 24.8. The predicted molar refractivity (Wildman–Crippen MR) is 98.1 cm³/mol. The molecule has 0 fully saturated rings. The van der Waals surface area contributed by atoms with Gasteiger partial charge in [0.15, 0.2) is 0 Å². The fraction of sp³-hybridized carbons (Fsp3) is 0. The molecule has 0 saturated heterocycles. The van der Waals surface area contributed by atoms with E-state index in [2.05, 4.69) is 10.6 Å². The lowest BCUT2D eigenvalue weighted by Gasteiger charge is -2.09. The highest BCUT2D eigenvalue weighted by Gasteiger charge is 2.11. The molecular weight excluding hydrogens is 344 g/mol. The monoisotopic (exact) mass is 356 g/mol. The average molecular weight is 357 g/mol. The van der Waals surface area contributed by atoms with Gasteiger partial charge in [-0.3, -0.25) is 9.59 Å².